The van der Waals surface area contributed by atoms with E-state index >= 15 is 0 Å². The summed E-state index contributed by atoms with van der Waals surface area (Å²) in [5, 5.41) is 8.32. The number of carbonyl (C=O) groups excluding carboxylic acids is 3. The minimum absolute atomic E-state index is 0.0615. The molecule has 13 heteroatoms. The molecule has 0 radical (unpaired) electrons. The van der Waals surface area contributed by atoms with Crippen LogP contribution in [0.15, 0.2) is 36.5 Å². The van der Waals surface area contributed by atoms with Crippen molar-refractivity contribution in [1.82, 2.24) is 20.2 Å². The molecule has 0 saturated heterocycles. The van der Waals surface area contributed by atoms with Crippen LogP contribution in [0.5, 0.6) is 5.75 Å². The average Bonchev–Trinajstić information content (AvgIpc) is 3.27. The first-order chi connectivity index (χ1) is 18.6. The molecule has 1 saturated carbocycles. The van der Waals surface area contributed by atoms with Gasteiger partial charge in [-0.1, -0.05) is 11.6 Å². The van der Waals surface area contributed by atoms with Gasteiger partial charge in [0.15, 0.2) is 17.4 Å². The minimum Gasteiger partial charge on any atom is -0.494 e. The molecule has 1 aliphatic carbocycles. The summed E-state index contributed by atoms with van der Waals surface area (Å²) in [5.41, 5.74) is 5.98. The Morgan fingerprint density at radius 3 is 2.56 bits per heavy atom. The molecule has 3 aromatic rings. The molecule has 0 bridgehead atoms. The van der Waals surface area contributed by atoms with Gasteiger partial charge in [0.1, 0.15) is 0 Å². The minimum atomic E-state index is -1.15. The van der Waals surface area contributed by atoms with Crippen LogP contribution in [-0.4, -0.2) is 53.5 Å². The van der Waals surface area contributed by atoms with Crippen molar-refractivity contribution < 1.29 is 27.9 Å². The van der Waals surface area contributed by atoms with E-state index < -0.39 is 23.4 Å². The Hall–Kier alpha value is -4.03. The van der Waals surface area contributed by atoms with E-state index in [0.717, 1.165) is 0 Å². The molecule has 0 unspecified atom stereocenters. The lowest BCUT2D eigenvalue weighted by Gasteiger charge is -2.34. The highest BCUT2D eigenvalue weighted by Crippen LogP contribution is 2.31. The van der Waals surface area contributed by atoms with Crippen LogP contribution < -0.4 is 26.4 Å². The monoisotopic (exact) mass is 560 g/mol. The van der Waals surface area contributed by atoms with Crippen molar-refractivity contribution >= 4 is 35.0 Å². The molecule has 4 rings (SSSR count). The molecule has 206 valence electrons. The van der Waals surface area contributed by atoms with Gasteiger partial charge in [0, 0.05) is 43.3 Å². The van der Waals surface area contributed by atoms with Crippen LogP contribution in [0, 0.1) is 17.6 Å². The number of benzene rings is 2. The van der Waals surface area contributed by atoms with E-state index in [4.69, 9.17) is 22.1 Å². The maximum atomic E-state index is 14.6. The van der Waals surface area contributed by atoms with Crippen molar-refractivity contribution in [2.45, 2.75) is 18.9 Å². The number of ether oxygens (including phenoxy) is 1. The molecule has 0 spiro atoms. The first-order valence-corrected chi connectivity index (χ1v) is 12.5. The third-order valence-corrected chi connectivity index (χ3v) is 6.81. The number of hydrogen-bond acceptors (Lipinski definition) is 6. The normalized spacial score (nSPS) is 16.3. The highest BCUT2D eigenvalue weighted by atomic mass is 35.5. The topological polar surface area (TPSA) is 140 Å². The number of rotatable bonds is 9. The van der Waals surface area contributed by atoms with Crippen LogP contribution in [0.1, 0.15) is 33.8 Å². The summed E-state index contributed by atoms with van der Waals surface area (Å²) in [6.07, 6.45) is 2.30. The smallest absolute Gasteiger partial charge is 0.291 e. The van der Waals surface area contributed by atoms with Crippen LogP contribution in [0.2, 0.25) is 5.02 Å². The molecule has 0 aliphatic heterocycles. The Bertz CT molecular complexity index is 1420. The van der Waals surface area contributed by atoms with Gasteiger partial charge in [0.2, 0.25) is 11.7 Å². The number of nitrogens with one attached hydrogen (secondary N) is 3. The van der Waals surface area contributed by atoms with Gasteiger partial charge < -0.3 is 31.0 Å². The lowest BCUT2D eigenvalue weighted by atomic mass is 9.79. The fourth-order valence-electron chi connectivity index (χ4n) is 4.27. The Morgan fingerprint density at radius 1 is 1.15 bits per heavy atom. The molecule has 1 aliphatic rings. The first-order valence-electron chi connectivity index (χ1n) is 12.1. The number of hydrogen-bond donors (Lipinski definition) is 4. The third-order valence-electron chi connectivity index (χ3n) is 6.49. The summed E-state index contributed by atoms with van der Waals surface area (Å²) in [4.78, 5) is 41.5. The van der Waals surface area contributed by atoms with Crippen molar-refractivity contribution in [3.63, 3.8) is 0 Å². The average molecular weight is 561 g/mol. The van der Waals surface area contributed by atoms with Gasteiger partial charge in [-0.2, -0.15) is 4.39 Å². The SMILES string of the molecule is COc1ccc(-c2cnc(C(=O)Nc3ccc(C(=O)NC4CC(C(=O)NCCN)C4)c(Cl)c3)n2C)c(F)c1F. The molecular weight excluding hydrogens is 534 g/mol. The predicted molar refractivity (Wildman–Crippen MR) is 141 cm³/mol. The van der Waals surface area contributed by atoms with Crippen molar-refractivity contribution in [3.8, 4) is 17.0 Å². The second kappa shape index (κ2) is 11.8. The van der Waals surface area contributed by atoms with E-state index in [1.54, 1.807) is 0 Å². The van der Waals surface area contributed by atoms with E-state index in [1.807, 2.05) is 0 Å². The molecule has 0 atom stereocenters. The fourth-order valence-corrected chi connectivity index (χ4v) is 4.54. The summed E-state index contributed by atoms with van der Waals surface area (Å²) in [5.74, 6) is -3.84. The number of carbonyl (C=O) groups is 3. The van der Waals surface area contributed by atoms with Crippen LogP contribution >= 0.6 is 11.6 Å². The molecule has 1 aromatic heterocycles. The molecular formula is C26H27ClF2N6O4. The Balaban J connectivity index is 1.39. The lowest BCUT2D eigenvalue weighted by molar-refractivity contribution is -0.128. The predicted octanol–water partition coefficient (Wildman–Crippen LogP) is 2.86. The van der Waals surface area contributed by atoms with E-state index in [-0.39, 0.29) is 51.3 Å². The Morgan fingerprint density at radius 2 is 1.90 bits per heavy atom. The van der Waals surface area contributed by atoms with E-state index in [0.29, 0.717) is 31.6 Å². The Labute approximate surface area is 227 Å². The number of halogens is 3. The molecule has 5 N–H and O–H groups in total. The maximum absolute atomic E-state index is 14.6. The highest BCUT2D eigenvalue weighted by Gasteiger charge is 2.35. The van der Waals surface area contributed by atoms with Gasteiger partial charge in [0.05, 0.1) is 29.6 Å². The van der Waals surface area contributed by atoms with Crippen molar-refractivity contribution in [2.24, 2.45) is 18.7 Å². The number of nitrogens with zero attached hydrogens (tertiary/aromatic N) is 2. The fraction of sp³-hybridized carbons (Fsp3) is 0.308. The summed E-state index contributed by atoms with van der Waals surface area (Å²) in [6, 6.07) is 6.86. The molecule has 1 heterocycles. The van der Waals surface area contributed by atoms with Crippen molar-refractivity contribution in [1.29, 1.82) is 0 Å². The number of methoxy groups -OCH3 is 1. The van der Waals surface area contributed by atoms with Gasteiger partial charge in [-0.25, -0.2) is 9.37 Å². The zero-order chi connectivity index (χ0) is 28.3. The summed E-state index contributed by atoms with van der Waals surface area (Å²) in [6.45, 7) is 0.772. The van der Waals surface area contributed by atoms with Crippen LogP contribution in [0.25, 0.3) is 11.3 Å². The van der Waals surface area contributed by atoms with E-state index in [2.05, 4.69) is 20.9 Å². The number of imidazole rings is 1. The summed E-state index contributed by atoms with van der Waals surface area (Å²) < 4.78 is 34.8. The van der Waals surface area contributed by atoms with Gasteiger partial charge in [0.25, 0.3) is 11.8 Å². The molecule has 1 fully saturated rings. The van der Waals surface area contributed by atoms with Gasteiger partial charge in [-0.05, 0) is 43.2 Å². The maximum Gasteiger partial charge on any atom is 0.291 e. The van der Waals surface area contributed by atoms with E-state index in [1.165, 1.54) is 55.3 Å². The Kier molecular flexibility index (Phi) is 8.46. The van der Waals surface area contributed by atoms with Crippen molar-refractivity contribution in [2.75, 3.05) is 25.5 Å². The van der Waals surface area contributed by atoms with Crippen LogP contribution in [-0.2, 0) is 11.8 Å². The molecule has 2 aromatic carbocycles. The number of anilines is 1. The standard InChI is InChI=1S/C26H27ClF2N6O4/c1-35-19(17-5-6-20(39-2)22(29)21(17)28)12-32-23(35)26(38)33-14-3-4-16(18(27)11-14)25(37)34-15-9-13(10-15)24(36)31-8-7-30/h3-6,11-13,15H,7-10,30H2,1-2H3,(H,31,36)(H,33,38)(H,34,37). The van der Waals surface area contributed by atoms with E-state index in [9.17, 15) is 23.2 Å². The zero-order valence-corrected chi connectivity index (χ0v) is 21.9. The lowest BCUT2D eigenvalue weighted by Crippen LogP contribution is -2.49. The van der Waals surface area contributed by atoms with Crippen LogP contribution in [0.4, 0.5) is 14.5 Å². The second-order valence-corrected chi connectivity index (χ2v) is 9.44. The first kappa shape index (κ1) is 28.0. The summed E-state index contributed by atoms with van der Waals surface area (Å²) >= 11 is 6.31. The molecule has 3 amide bonds. The molecule has 39 heavy (non-hydrogen) atoms. The number of nitrogens with two attached hydrogens (primary N) is 1. The largest absolute Gasteiger partial charge is 0.494 e. The second-order valence-electron chi connectivity index (χ2n) is 9.04. The van der Waals surface area contributed by atoms with Gasteiger partial charge >= 0.3 is 0 Å². The summed E-state index contributed by atoms with van der Waals surface area (Å²) in [7, 11) is 2.72. The van der Waals surface area contributed by atoms with Crippen molar-refractivity contribution in [3.05, 3.63) is 64.6 Å². The third kappa shape index (κ3) is 5.86. The quantitative estimate of drug-likeness (QED) is 0.317. The van der Waals surface area contributed by atoms with Gasteiger partial charge in [-0.3, -0.25) is 14.4 Å². The van der Waals surface area contributed by atoms with Crippen LogP contribution in [0.3, 0.4) is 0 Å². The number of amides is 3. The molecule has 10 nitrogen and oxygen atoms in total. The highest BCUT2D eigenvalue weighted by molar-refractivity contribution is 6.34. The number of aromatic nitrogens is 2. The van der Waals surface area contributed by atoms with Gasteiger partial charge in [-0.15, -0.1) is 0 Å². The zero-order valence-electron chi connectivity index (χ0n) is 21.2.